The fourth-order valence-electron chi connectivity index (χ4n) is 1.04. The van der Waals surface area contributed by atoms with E-state index in [9.17, 15) is 0 Å². The van der Waals surface area contributed by atoms with Gasteiger partial charge in [0.1, 0.15) is 0 Å². The maximum Gasteiger partial charge on any atom is 0.0701 e. The van der Waals surface area contributed by atoms with Gasteiger partial charge in [-0.05, 0) is 0 Å². The third kappa shape index (κ3) is 15.8. The number of hydrogen-bond acceptors (Lipinski definition) is 5. The van der Waals surface area contributed by atoms with E-state index >= 15 is 0 Å². The second kappa shape index (κ2) is 14.8. The first kappa shape index (κ1) is 17.8. The van der Waals surface area contributed by atoms with E-state index in [-0.39, 0.29) is 5.25 Å². The summed E-state index contributed by atoms with van der Waals surface area (Å²) in [4.78, 5) is 0. The minimum atomic E-state index is 0.266. The van der Waals surface area contributed by atoms with Gasteiger partial charge in [-0.15, -0.1) is 12.3 Å². The van der Waals surface area contributed by atoms with Crippen LogP contribution in [0, 0.1) is 12.3 Å². The molecule has 0 fully saturated rings. The highest BCUT2D eigenvalue weighted by molar-refractivity contribution is 7.80. The van der Waals surface area contributed by atoms with Gasteiger partial charge in [-0.2, -0.15) is 12.6 Å². The van der Waals surface area contributed by atoms with Gasteiger partial charge in [0.25, 0.3) is 0 Å². The van der Waals surface area contributed by atoms with Crippen molar-refractivity contribution in [1.29, 1.82) is 0 Å². The van der Waals surface area contributed by atoms with Gasteiger partial charge < -0.3 is 18.9 Å². The standard InChI is InChI=1S/C13H24O4S/c1-3-4-5-14-6-7-15-8-9-16-10-11-17-12-13(2)18/h1,13,18H,4-12H2,2H3. The predicted molar refractivity (Wildman–Crippen MR) is 75.2 cm³/mol. The van der Waals surface area contributed by atoms with Crippen LogP contribution in [0.1, 0.15) is 13.3 Å². The molecular weight excluding hydrogens is 252 g/mol. The Bertz CT molecular complexity index is 204. The molecule has 5 heteroatoms. The Kier molecular flexibility index (Phi) is 14.6. The Morgan fingerprint density at radius 1 is 0.889 bits per heavy atom. The van der Waals surface area contributed by atoms with Crippen LogP contribution < -0.4 is 0 Å². The molecule has 0 saturated heterocycles. The number of rotatable bonds is 13. The van der Waals surface area contributed by atoms with Gasteiger partial charge in [0.15, 0.2) is 0 Å². The van der Waals surface area contributed by atoms with Crippen LogP contribution in [-0.4, -0.2) is 58.1 Å². The number of terminal acetylenes is 1. The van der Waals surface area contributed by atoms with Crippen LogP contribution in [0.15, 0.2) is 0 Å². The Labute approximate surface area is 116 Å². The highest BCUT2D eigenvalue weighted by Crippen LogP contribution is 1.92. The maximum absolute atomic E-state index is 5.32. The third-order valence-corrected chi connectivity index (χ3v) is 2.01. The average Bonchev–Trinajstić information content (AvgIpc) is 2.34. The molecular formula is C13H24O4S. The number of hydrogen-bond donors (Lipinski definition) is 1. The van der Waals surface area contributed by atoms with E-state index in [0.29, 0.717) is 59.3 Å². The zero-order valence-corrected chi connectivity index (χ0v) is 12.0. The van der Waals surface area contributed by atoms with E-state index in [0.717, 1.165) is 0 Å². The molecule has 0 spiro atoms. The zero-order valence-electron chi connectivity index (χ0n) is 11.1. The minimum absolute atomic E-state index is 0.266. The lowest BCUT2D eigenvalue weighted by Crippen LogP contribution is -2.13. The van der Waals surface area contributed by atoms with Gasteiger partial charge in [0.2, 0.25) is 0 Å². The molecule has 0 heterocycles. The summed E-state index contributed by atoms with van der Waals surface area (Å²) in [6, 6.07) is 0. The second-order valence-electron chi connectivity index (χ2n) is 3.72. The molecule has 0 aliphatic heterocycles. The molecule has 1 atom stereocenters. The minimum Gasteiger partial charge on any atom is -0.378 e. The molecule has 1 unspecified atom stereocenters. The van der Waals surface area contributed by atoms with Crippen molar-refractivity contribution >= 4 is 12.6 Å². The Morgan fingerprint density at radius 3 is 1.78 bits per heavy atom. The summed E-state index contributed by atoms with van der Waals surface area (Å²) in [5.74, 6) is 2.51. The van der Waals surface area contributed by atoms with E-state index in [1.54, 1.807) is 0 Å². The largest absolute Gasteiger partial charge is 0.378 e. The summed E-state index contributed by atoms with van der Waals surface area (Å²) in [6.07, 6.45) is 5.73. The SMILES string of the molecule is C#CCCOCCOCCOCCOCC(C)S. The van der Waals surface area contributed by atoms with Crippen molar-refractivity contribution in [3.8, 4) is 12.3 Å². The Morgan fingerprint density at radius 2 is 1.33 bits per heavy atom. The van der Waals surface area contributed by atoms with Gasteiger partial charge in [0.05, 0.1) is 52.9 Å². The van der Waals surface area contributed by atoms with Crippen molar-refractivity contribution in [2.24, 2.45) is 0 Å². The van der Waals surface area contributed by atoms with Gasteiger partial charge in [-0.3, -0.25) is 0 Å². The molecule has 106 valence electrons. The van der Waals surface area contributed by atoms with E-state index in [1.165, 1.54) is 0 Å². The average molecular weight is 276 g/mol. The topological polar surface area (TPSA) is 36.9 Å². The fourth-order valence-corrected chi connectivity index (χ4v) is 1.15. The van der Waals surface area contributed by atoms with Crippen LogP contribution in [0.3, 0.4) is 0 Å². The van der Waals surface area contributed by atoms with Crippen molar-refractivity contribution in [1.82, 2.24) is 0 Å². The summed E-state index contributed by atoms with van der Waals surface area (Å²) < 4.78 is 21.1. The summed E-state index contributed by atoms with van der Waals surface area (Å²) in [6.45, 7) is 6.71. The molecule has 0 aromatic heterocycles. The Hall–Kier alpha value is -0.250. The summed E-state index contributed by atoms with van der Waals surface area (Å²) in [5.41, 5.74) is 0. The molecule has 0 aromatic carbocycles. The van der Waals surface area contributed by atoms with Crippen LogP contribution >= 0.6 is 12.6 Å². The second-order valence-corrected chi connectivity index (χ2v) is 4.60. The number of thiol groups is 1. The highest BCUT2D eigenvalue weighted by atomic mass is 32.1. The van der Waals surface area contributed by atoms with Crippen LogP contribution in [0.4, 0.5) is 0 Å². The fraction of sp³-hybridized carbons (Fsp3) is 0.846. The molecule has 0 aliphatic carbocycles. The molecule has 4 nitrogen and oxygen atoms in total. The molecule has 0 aromatic rings. The van der Waals surface area contributed by atoms with Crippen molar-refractivity contribution < 1.29 is 18.9 Å². The Balaban J connectivity index is 2.93. The van der Waals surface area contributed by atoms with Gasteiger partial charge in [-0.1, -0.05) is 6.92 Å². The van der Waals surface area contributed by atoms with Crippen LogP contribution in [0.2, 0.25) is 0 Å². The third-order valence-electron chi connectivity index (χ3n) is 1.87. The lowest BCUT2D eigenvalue weighted by Gasteiger charge is -2.08. The molecule has 0 rings (SSSR count). The van der Waals surface area contributed by atoms with E-state index in [2.05, 4.69) is 18.5 Å². The molecule has 0 saturated carbocycles. The number of ether oxygens (including phenoxy) is 4. The van der Waals surface area contributed by atoms with Crippen molar-refractivity contribution in [2.45, 2.75) is 18.6 Å². The molecule has 0 bridgehead atoms. The first-order valence-electron chi connectivity index (χ1n) is 6.20. The molecule has 0 radical (unpaired) electrons. The van der Waals surface area contributed by atoms with E-state index < -0.39 is 0 Å². The summed E-state index contributed by atoms with van der Waals surface area (Å²) >= 11 is 4.20. The van der Waals surface area contributed by atoms with Crippen molar-refractivity contribution in [3.05, 3.63) is 0 Å². The van der Waals surface area contributed by atoms with Gasteiger partial charge in [-0.25, -0.2) is 0 Å². The molecule has 0 N–H and O–H groups in total. The maximum atomic E-state index is 5.32. The molecule has 18 heavy (non-hydrogen) atoms. The smallest absolute Gasteiger partial charge is 0.0701 e. The summed E-state index contributed by atoms with van der Waals surface area (Å²) in [7, 11) is 0. The normalized spacial score (nSPS) is 12.3. The zero-order chi connectivity index (χ0) is 13.5. The van der Waals surface area contributed by atoms with Crippen LogP contribution in [-0.2, 0) is 18.9 Å². The predicted octanol–water partition coefficient (Wildman–Crippen LogP) is 1.39. The lowest BCUT2D eigenvalue weighted by molar-refractivity contribution is -0.000758. The van der Waals surface area contributed by atoms with E-state index in [1.807, 2.05) is 6.92 Å². The quantitative estimate of drug-likeness (QED) is 0.313. The van der Waals surface area contributed by atoms with Crippen LogP contribution in [0.25, 0.3) is 0 Å². The van der Waals surface area contributed by atoms with Gasteiger partial charge >= 0.3 is 0 Å². The van der Waals surface area contributed by atoms with Crippen molar-refractivity contribution in [3.63, 3.8) is 0 Å². The first-order valence-corrected chi connectivity index (χ1v) is 6.71. The monoisotopic (exact) mass is 276 g/mol. The van der Waals surface area contributed by atoms with E-state index in [4.69, 9.17) is 25.4 Å². The molecule has 0 aliphatic rings. The lowest BCUT2D eigenvalue weighted by atomic mass is 10.5. The molecule has 0 amide bonds. The van der Waals surface area contributed by atoms with Crippen molar-refractivity contribution in [2.75, 3.05) is 52.9 Å². The van der Waals surface area contributed by atoms with Crippen LogP contribution in [0.5, 0.6) is 0 Å². The summed E-state index contributed by atoms with van der Waals surface area (Å²) in [5, 5.41) is 0.266. The first-order chi connectivity index (χ1) is 8.77. The van der Waals surface area contributed by atoms with Gasteiger partial charge in [0, 0.05) is 11.7 Å². The highest BCUT2D eigenvalue weighted by Gasteiger charge is 1.95.